The molecule has 3 atom stereocenters. The highest BCUT2D eigenvalue weighted by Crippen LogP contribution is 2.38. The Hall–Kier alpha value is -1.46. The van der Waals surface area contributed by atoms with Crippen molar-refractivity contribution in [1.29, 1.82) is 0 Å². The molecule has 3 rings (SSSR count). The molecule has 1 unspecified atom stereocenters. The molecular weight excluding hydrogens is 362 g/mol. The first kappa shape index (κ1) is 21.3. The number of hydroxylamine groups is 3. The molecule has 0 amide bonds. The molecule has 3 nitrogen and oxygen atoms in total. The molecule has 2 aromatic rings. The number of benzene rings is 2. The maximum atomic E-state index is 12.8. The minimum Gasteiger partial charge on any atom is -0.633 e. The van der Waals surface area contributed by atoms with Crippen molar-refractivity contribution in [2.75, 3.05) is 13.6 Å². The minimum atomic E-state index is -2.54. The average molecular weight is 398 g/mol. The van der Waals surface area contributed by atoms with Crippen molar-refractivity contribution >= 4 is 18.7 Å². The zero-order valence-corrected chi connectivity index (χ0v) is 19.0. The van der Waals surface area contributed by atoms with Crippen LogP contribution in [-0.2, 0) is 4.43 Å². The molecule has 1 heterocycles. The van der Waals surface area contributed by atoms with E-state index in [9.17, 15) is 5.21 Å². The second-order valence-electron chi connectivity index (χ2n) is 9.52. The third kappa shape index (κ3) is 4.11. The van der Waals surface area contributed by atoms with Crippen molar-refractivity contribution in [2.45, 2.75) is 64.1 Å². The maximum absolute atomic E-state index is 12.8. The molecule has 1 aliphatic rings. The summed E-state index contributed by atoms with van der Waals surface area (Å²) in [6.45, 7) is 9.80. The molecule has 0 N–H and O–H groups in total. The number of likely N-dealkylation sites (tertiary alicyclic amines) is 1. The van der Waals surface area contributed by atoms with Gasteiger partial charge in [0.1, 0.15) is 0 Å². The Bertz CT molecular complexity index is 716. The molecule has 28 heavy (non-hydrogen) atoms. The highest BCUT2D eigenvalue weighted by molar-refractivity contribution is 6.99. The van der Waals surface area contributed by atoms with Crippen molar-refractivity contribution in [2.24, 2.45) is 0 Å². The summed E-state index contributed by atoms with van der Waals surface area (Å²) < 4.78 is 7.00. The van der Waals surface area contributed by atoms with E-state index in [0.29, 0.717) is 0 Å². The number of nitrogens with zero attached hydrogens (tertiary/aromatic N) is 1. The quantitative estimate of drug-likeness (QED) is 0.410. The van der Waals surface area contributed by atoms with E-state index in [4.69, 9.17) is 4.43 Å². The van der Waals surface area contributed by atoms with Crippen molar-refractivity contribution in [3.63, 3.8) is 0 Å². The van der Waals surface area contributed by atoms with E-state index >= 15 is 0 Å². The van der Waals surface area contributed by atoms with Gasteiger partial charge in [-0.3, -0.25) is 0 Å². The lowest BCUT2D eigenvalue weighted by atomic mass is 10.1. The summed E-state index contributed by atoms with van der Waals surface area (Å²) in [5.74, 6) is 0. The van der Waals surface area contributed by atoms with Gasteiger partial charge in [-0.2, -0.15) is 0 Å². The number of hydrogen-bond acceptors (Lipinski definition) is 2. The molecule has 0 bridgehead atoms. The topological polar surface area (TPSA) is 32.3 Å². The summed E-state index contributed by atoms with van der Waals surface area (Å²) in [6, 6.07) is 21.6. The Morgan fingerprint density at radius 1 is 1.04 bits per heavy atom. The van der Waals surface area contributed by atoms with Crippen LogP contribution in [0.5, 0.6) is 0 Å². The second-order valence-corrected chi connectivity index (χ2v) is 13.8. The van der Waals surface area contributed by atoms with E-state index in [2.05, 4.69) is 88.4 Å². The van der Waals surface area contributed by atoms with E-state index in [0.717, 1.165) is 25.8 Å². The summed E-state index contributed by atoms with van der Waals surface area (Å²) in [4.78, 5) is 0. The van der Waals surface area contributed by atoms with Crippen molar-refractivity contribution in [3.05, 3.63) is 65.9 Å². The van der Waals surface area contributed by atoms with Gasteiger partial charge in [-0.15, -0.1) is 0 Å². The lowest BCUT2D eigenvalue weighted by molar-refractivity contribution is -0.873. The molecule has 1 saturated heterocycles. The third-order valence-corrected chi connectivity index (χ3v) is 11.5. The SMILES string of the molecule is C[C@@H](C[C@@H]1CCC[N+]1(C)[O-])O[Si](c1ccccc1)(c1ccccc1)C(C)(C)C. The van der Waals surface area contributed by atoms with Crippen LogP contribution in [0.1, 0.15) is 47.0 Å². The molecule has 4 heteroatoms. The first-order chi connectivity index (χ1) is 13.2. The molecule has 0 saturated carbocycles. The normalized spacial score (nSPS) is 24.3. The van der Waals surface area contributed by atoms with Crippen LogP contribution in [0.4, 0.5) is 0 Å². The van der Waals surface area contributed by atoms with Gasteiger partial charge in [0, 0.05) is 25.4 Å². The van der Waals surface area contributed by atoms with Gasteiger partial charge in [0.2, 0.25) is 0 Å². The molecule has 0 spiro atoms. The van der Waals surface area contributed by atoms with Crippen LogP contribution in [0, 0.1) is 5.21 Å². The molecular formula is C24H35NO2Si. The Balaban J connectivity index is 2.01. The molecule has 2 aromatic carbocycles. The van der Waals surface area contributed by atoms with E-state index < -0.39 is 8.32 Å². The van der Waals surface area contributed by atoms with Crippen LogP contribution >= 0.6 is 0 Å². The number of hydrogen-bond donors (Lipinski definition) is 0. The van der Waals surface area contributed by atoms with Gasteiger partial charge in [-0.1, -0.05) is 81.4 Å². The van der Waals surface area contributed by atoms with Gasteiger partial charge in [-0.05, 0) is 22.3 Å². The van der Waals surface area contributed by atoms with Gasteiger partial charge >= 0.3 is 0 Å². The van der Waals surface area contributed by atoms with Gasteiger partial charge < -0.3 is 14.3 Å². The summed E-state index contributed by atoms with van der Waals surface area (Å²) in [5.41, 5.74) is 0. The van der Waals surface area contributed by atoms with Gasteiger partial charge in [0.25, 0.3) is 8.32 Å². The Morgan fingerprint density at radius 2 is 1.54 bits per heavy atom. The van der Waals surface area contributed by atoms with Crippen LogP contribution < -0.4 is 10.4 Å². The van der Waals surface area contributed by atoms with E-state index in [1.807, 2.05) is 7.05 Å². The standard InChI is InChI=1S/C24H35NO2Si/c1-20(19-21-13-12-18-25(21,5)26)27-28(24(2,3)4,22-14-8-6-9-15-22)23-16-10-7-11-17-23/h6-11,14-17,20-21H,12-13,18-19H2,1-5H3/t20-,21-,25?/m0/s1. The molecule has 0 aliphatic carbocycles. The fourth-order valence-electron chi connectivity index (χ4n) is 4.86. The van der Waals surface area contributed by atoms with E-state index in [1.54, 1.807) is 0 Å². The van der Waals surface area contributed by atoms with Crippen LogP contribution in [0.3, 0.4) is 0 Å². The lowest BCUT2D eigenvalue weighted by Gasteiger charge is -2.46. The van der Waals surface area contributed by atoms with Gasteiger partial charge in [0.15, 0.2) is 0 Å². The lowest BCUT2D eigenvalue weighted by Crippen LogP contribution is -2.67. The number of rotatable bonds is 6. The van der Waals surface area contributed by atoms with E-state index in [1.165, 1.54) is 10.4 Å². The average Bonchev–Trinajstić information content (AvgIpc) is 2.98. The zero-order valence-electron chi connectivity index (χ0n) is 18.0. The van der Waals surface area contributed by atoms with Crippen molar-refractivity contribution in [3.8, 4) is 0 Å². The monoisotopic (exact) mass is 397 g/mol. The highest BCUT2D eigenvalue weighted by Gasteiger charge is 2.51. The molecule has 1 fully saturated rings. The zero-order chi connectivity index (χ0) is 20.4. The molecule has 0 radical (unpaired) electrons. The largest absolute Gasteiger partial charge is 0.633 e. The Kier molecular flexibility index (Phi) is 6.16. The predicted octanol–water partition coefficient (Wildman–Crippen LogP) is 4.45. The third-order valence-electron chi connectivity index (χ3n) is 6.31. The second kappa shape index (κ2) is 8.11. The first-order valence-corrected chi connectivity index (χ1v) is 12.4. The van der Waals surface area contributed by atoms with Gasteiger partial charge in [0.05, 0.1) is 19.6 Å². The van der Waals surface area contributed by atoms with Crippen LogP contribution in [0.15, 0.2) is 60.7 Å². The first-order valence-electron chi connectivity index (χ1n) is 10.5. The van der Waals surface area contributed by atoms with Crippen LogP contribution in [0.25, 0.3) is 0 Å². The molecule has 1 aliphatic heterocycles. The maximum Gasteiger partial charge on any atom is 0.261 e. The summed E-state index contributed by atoms with van der Waals surface area (Å²) in [7, 11) is -0.713. The van der Waals surface area contributed by atoms with Crippen molar-refractivity contribution < 1.29 is 9.07 Å². The molecule has 0 aromatic heterocycles. The summed E-state index contributed by atoms with van der Waals surface area (Å²) in [6.07, 6.45) is 2.90. The van der Waals surface area contributed by atoms with Crippen LogP contribution in [0.2, 0.25) is 5.04 Å². The number of quaternary nitrogens is 1. The summed E-state index contributed by atoms with van der Waals surface area (Å²) >= 11 is 0. The fourth-order valence-corrected chi connectivity index (χ4v) is 9.58. The predicted molar refractivity (Wildman–Crippen MR) is 120 cm³/mol. The highest BCUT2D eigenvalue weighted by atomic mass is 28.4. The van der Waals surface area contributed by atoms with Gasteiger partial charge in [-0.25, -0.2) is 0 Å². The fraction of sp³-hybridized carbons (Fsp3) is 0.500. The Labute approximate surface area is 171 Å². The van der Waals surface area contributed by atoms with Crippen LogP contribution in [-0.4, -0.2) is 38.7 Å². The smallest absolute Gasteiger partial charge is 0.261 e. The minimum absolute atomic E-state index is 0.0325. The Morgan fingerprint density at radius 3 is 1.93 bits per heavy atom. The summed E-state index contributed by atoms with van der Waals surface area (Å²) in [5, 5.41) is 15.3. The molecule has 152 valence electrons. The van der Waals surface area contributed by atoms with E-state index in [-0.39, 0.29) is 21.8 Å². The van der Waals surface area contributed by atoms with Crippen molar-refractivity contribution in [1.82, 2.24) is 0 Å².